The molecular weight excluding hydrogens is 379 g/mol. The second-order valence-corrected chi connectivity index (χ2v) is 6.67. The highest BCUT2D eigenvalue weighted by molar-refractivity contribution is 14.1. The van der Waals surface area contributed by atoms with Crippen LogP contribution in [0.1, 0.15) is 0 Å². The number of thioether (sulfide) groups is 1. The summed E-state index contributed by atoms with van der Waals surface area (Å²) < 4.78 is 5.25. The summed E-state index contributed by atoms with van der Waals surface area (Å²) in [6, 6.07) is 6.55. The highest BCUT2D eigenvalue weighted by Crippen LogP contribution is 2.36. The van der Waals surface area contributed by atoms with Crippen molar-refractivity contribution in [1.29, 1.82) is 0 Å². The van der Waals surface area contributed by atoms with Crippen molar-refractivity contribution < 1.29 is 0 Å². The molecule has 0 saturated heterocycles. The summed E-state index contributed by atoms with van der Waals surface area (Å²) in [4.78, 5) is 0. The molecule has 13 heavy (non-hydrogen) atoms. The summed E-state index contributed by atoms with van der Waals surface area (Å²) in [6.45, 7) is 0. The van der Waals surface area contributed by atoms with Gasteiger partial charge in [-0.2, -0.15) is 0 Å². The van der Waals surface area contributed by atoms with Crippen LogP contribution in [0.5, 0.6) is 0 Å². The van der Waals surface area contributed by atoms with E-state index in [1.807, 2.05) is 23.1 Å². The number of thiophene rings is 1. The maximum absolute atomic E-state index is 3.54. The standard InChI is InChI=1S/C9H6BrIS2/c1-12-8-4-5-7(13-8)3-2-6(10)9(5)11/h2-4H,1H3. The van der Waals surface area contributed by atoms with Crippen LogP contribution in [-0.2, 0) is 0 Å². The number of halogens is 2. The van der Waals surface area contributed by atoms with Crippen molar-refractivity contribution in [2.24, 2.45) is 0 Å². The Morgan fingerprint density at radius 1 is 1.46 bits per heavy atom. The van der Waals surface area contributed by atoms with E-state index in [0.717, 1.165) is 0 Å². The van der Waals surface area contributed by atoms with Crippen LogP contribution >= 0.6 is 61.6 Å². The minimum Gasteiger partial charge on any atom is -0.129 e. The van der Waals surface area contributed by atoms with Crippen LogP contribution in [0.15, 0.2) is 26.9 Å². The number of hydrogen-bond acceptors (Lipinski definition) is 2. The zero-order valence-electron chi connectivity index (χ0n) is 6.80. The van der Waals surface area contributed by atoms with E-state index in [1.54, 1.807) is 0 Å². The van der Waals surface area contributed by atoms with Crippen LogP contribution in [0.25, 0.3) is 10.1 Å². The third-order valence-electron chi connectivity index (χ3n) is 1.77. The quantitative estimate of drug-likeness (QED) is 0.493. The maximum atomic E-state index is 3.54. The van der Waals surface area contributed by atoms with Crippen LogP contribution in [0.3, 0.4) is 0 Å². The molecule has 2 rings (SSSR count). The number of benzene rings is 1. The van der Waals surface area contributed by atoms with Crippen molar-refractivity contribution in [2.45, 2.75) is 4.21 Å². The van der Waals surface area contributed by atoms with Gasteiger partial charge in [0.25, 0.3) is 0 Å². The monoisotopic (exact) mass is 384 g/mol. The summed E-state index contributed by atoms with van der Waals surface area (Å²) in [5, 5.41) is 1.37. The molecule has 1 aromatic heterocycles. The molecule has 0 bridgehead atoms. The Kier molecular flexibility index (Phi) is 3.22. The summed E-state index contributed by atoms with van der Waals surface area (Å²) in [7, 11) is 0. The van der Waals surface area contributed by atoms with Gasteiger partial charge in [-0.05, 0) is 63.0 Å². The lowest BCUT2D eigenvalue weighted by molar-refractivity contribution is 1.67. The molecule has 0 aliphatic rings. The molecule has 0 aliphatic carbocycles. The van der Waals surface area contributed by atoms with E-state index in [9.17, 15) is 0 Å². The molecule has 0 amide bonds. The zero-order chi connectivity index (χ0) is 9.42. The van der Waals surface area contributed by atoms with Gasteiger partial charge >= 0.3 is 0 Å². The van der Waals surface area contributed by atoms with Gasteiger partial charge in [-0.15, -0.1) is 23.1 Å². The molecule has 2 aromatic rings. The van der Waals surface area contributed by atoms with Crippen molar-refractivity contribution in [3.63, 3.8) is 0 Å². The topological polar surface area (TPSA) is 0 Å². The molecule has 1 heterocycles. The normalized spacial score (nSPS) is 11.0. The van der Waals surface area contributed by atoms with Gasteiger partial charge in [0.1, 0.15) is 0 Å². The van der Waals surface area contributed by atoms with Gasteiger partial charge in [-0.3, -0.25) is 0 Å². The molecule has 0 atom stereocenters. The first-order chi connectivity index (χ1) is 6.22. The van der Waals surface area contributed by atoms with Crippen LogP contribution in [-0.4, -0.2) is 6.26 Å². The van der Waals surface area contributed by atoms with Crippen molar-refractivity contribution in [2.75, 3.05) is 6.26 Å². The maximum Gasteiger partial charge on any atom is 0.0608 e. The molecule has 68 valence electrons. The summed E-state index contributed by atoms with van der Waals surface area (Å²) in [5.74, 6) is 0. The molecule has 0 saturated carbocycles. The summed E-state index contributed by atoms with van der Waals surface area (Å²) >= 11 is 9.59. The highest BCUT2D eigenvalue weighted by atomic mass is 127. The lowest BCUT2D eigenvalue weighted by atomic mass is 10.3. The molecule has 0 nitrogen and oxygen atoms in total. The van der Waals surface area contributed by atoms with Gasteiger partial charge in [0.05, 0.1) is 4.21 Å². The second-order valence-electron chi connectivity index (χ2n) is 2.54. The lowest BCUT2D eigenvalue weighted by Gasteiger charge is -1.95. The molecule has 0 radical (unpaired) electrons. The van der Waals surface area contributed by atoms with Gasteiger partial charge in [-0.1, -0.05) is 0 Å². The van der Waals surface area contributed by atoms with Crippen molar-refractivity contribution in [1.82, 2.24) is 0 Å². The second kappa shape index (κ2) is 4.08. The van der Waals surface area contributed by atoms with E-state index in [4.69, 9.17) is 0 Å². The molecule has 0 aliphatic heterocycles. The fourth-order valence-corrected chi connectivity index (χ4v) is 3.92. The minimum absolute atomic E-state index is 1.19. The van der Waals surface area contributed by atoms with Gasteiger partial charge in [-0.25, -0.2) is 0 Å². The molecule has 1 aromatic carbocycles. The van der Waals surface area contributed by atoms with E-state index < -0.39 is 0 Å². The predicted octanol–water partition coefficient (Wildman–Crippen LogP) is 4.99. The number of hydrogen-bond donors (Lipinski definition) is 0. The lowest BCUT2D eigenvalue weighted by Crippen LogP contribution is -1.73. The average molecular weight is 385 g/mol. The Morgan fingerprint density at radius 3 is 2.92 bits per heavy atom. The van der Waals surface area contributed by atoms with Crippen LogP contribution in [0, 0.1) is 3.57 Å². The van der Waals surface area contributed by atoms with Crippen LogP contribution in [0.2, 0.25) is 0 Å². The molecule has 4 heteroatoms. The first-order valence-corrected chi connectivity index (χ1v) is 7.55. The number of fused-ring (bicyclic) bond motifs is 1. The van der Waals surface area contributed by atoms with E-state index in [1.165, 1.54) is 22.3 Å². The molecule has 0 fully saturated rings. The van der Waals surface area contributed by atoms with E-state index in [0.29, 0.717) is 0 Å². The smallest absolute Gasteiger partial charge is 0.0608 e. The third kappa shape index (κ3) is 1.91. The molecule has 0 spiro atoms. The largest absolute Gasteiger partial charge is 0.129 e. The first-order valence-electron chi connectivity index (χ1n) is 3.64. The highest BCUT2D eigenvalue weighted by Gasteiger charge is 2.06. The first kappa shape index (κ1) is 10.3. The summed E-state index contributed by atoms with van der Waals surface area (Å²) in [5.41, 5.74) is 0. The van der Waals surface area contributed by atoms with Crippen molar-refractivity contribution >= 4 is 71.7 Å². The van der Waals surface area contributed by atoms with Crippen molar-refractivity contribution in [3.05, 3.63) is 26.2 Å². The van der Waals surface area contributed by atoms with E-state index >= 15 is 0 Å². The summed E-state index contributed by atoms with van der Waals surface area (Å²) in [6.07, 6.45) is 2.12. The Morgan fingerprint density at radius 2 is 2.23 bits per heavy atom. The molecule has 0 N–H and O–H groups in total. The fourth-order valence-electron chi connectivity index (χ4n) is 1.13. The molecular formula is C9H6BrIS2. The van der Waals surface area contributed by atoms with E-state index in [2.05, 4.69) is 63.0 Å². The average Bonchev–Trinajstić information content (AvgIpc) is 2.55. The zero-order valence-corrected chi connectivity index (χ0v) is 12.2. The Hall–Kier alpha value is 0.740. The third-order valence-corrected chi connectivity index (χ3v) is 6.50. The van der Waals surface area contributed by atoms with Crippen LogP contribution in [0.4, 0.5) is 0 Å². The van der Waals surface area contributed by atoms with E-state index in [-0.39, 0.29) is 0 Å². The fraction of sp³-hybridized carbons (Fsp3) is 0.111. The Bertz CT molecular complexity index is 450. The Balaban J connectivity index is 2.76. The predicted molar refractivity (Wildman–Crippen MR) is 74.0 cm³/mol. The van der Waals surface area contributed by atoms with Crippen LogP contribution < -0.4 is 0 Å². The van der Waals surface area contributed by atoms with Crippen molar-refractivity contribution in [3.8, 4) is 0 Å². The van der Waals surface area contributed by atoms with Gasteiger partial charge in [0, 0.05) is 18.1 Å². The molecule has 0 unspecified atom stereocenters. The van der Waals surface area contributed by atoms with Gasteiger partial charge in [0.2, 0.25) is 0 Å². The Labute approximate surface area is 107 Å². The van der Waals surface area contributed by atoms with Gasteiger partial charge in [0.15, 0.2) is 0 Å². The minimum atomic E-state index is 1.19. The number of rotatable bonds is 1. The SMILES string of the molecule is CSc1cc2c(I)c(Br)ccc2s1. The van der Waals surface area contributed by atoms with Gasteiger partial charge < -0.3 is 0 Å².